The van der Waals surface area contributed by atoms with Crippen molar-refractivity contribution in [3.05, 3.63) is 58.7 Å². The fourth-order valence-corrected chi connectivity index (χ4v) is 6.83. The molecule has 3 aromatic rings. The molecule has 0 bridgehead atoms. The van der Waals surface area contributed by atoms with Crippen molar-refractivity contribution in [3.63, 3.8) is 0 Å². The zero-order chi connectivity index (χ0) is 22.8. The summed E-state index contributed by atoms with van der Waals surface area (Å²) in [7, 11) is -3.75. The molecule has 3 atom stereocenters. The van der Waals surface area contributed by atoms with Crippen LogP contribution in [0.4, 0.5) is 0 Å². The topological polar surface area (TPSA) is 108 Å². The highest BCUT2D eigenvalue weighted by Gasteiger charge is 2.48. The Morgan fingerprint density at radius 2 is 1.88 bits per heavy atom. The Morgan fingerprint density at radius 1 is 1.16 bits per heavy atom. The predicted molar refractivity (Wildman–Crippen MR) is 116 cm³/mol. The monoisotopic (exact) mass is 455 g/mol. The summed E-state index contributed by atoms with van der Waals surface area (Å²) in [6.45, 7) is 7.70. The number of sulfonamides is 1. The first-order valence-electron chi connectivity index (χ1n) is 10.6. The van der Waals surface area contributed by atoms with Crippen LogP contribution in [0, 0.1) is 20.8 Å². The minimum Gasteiger partial charge on any atom is -0.593 e. The molecule has 0 aliphatic carbocycles. The van der Waals surface area contributed by atoms with E-state index in [1.807, 2.05) is 49.1 Å². The van der Waals surface area contributed by atoms with Crippen molar-refractivity contribution in [3.8, 4) is 5.69 Å². The summed E-state index contributed by atoms with van der Waals surface area (Å²) < 4.78 is 34.7. The maximum Gasteiger partial charge on any atom is 0.273 e. The van der Waals surface area contributed by atoms with E-state index in [4.69, 9.17) is 4.52 Å². The molecule has 1 aromatic carbocycles. The standard InChI is InChI=1S/C22H25N5O4S/c1-13-19-15(3)26(22(28)20(19)27(23-13)17-8-6-5-7-9-17)18-10-11-25(12-18)32(29,30)21-14(2)24-31-16(21)4/h5-9,15,18H,10-12H2,1-4H3. The second-order valence-electron chi connectivity index (χ2n) is 8.44. The molecule has 32 heavy (non-hydrogen) atoms. The van der Waals surface area contributed by atoms with Gasteiger partial charge in [-0.05, 0) is 39.3 Å². The van der Waals surface area contributed by atoms with E-state index in [-0.39, 0.29) is 35.2 Å². The summed E-state index contributed by atoms with van der Waals surface area (Å²) >= 11 is 0. The lowest BCUT2D eigenvalue weighted by molar-refractivity contribution is 0.0646. The number of rotatable bonds is 4. The molecule has 1 saturated heterocycles. The molecule has 10 heteroatoms. The van der Waals surface area contributed by atoms with Crippen LogP contribution < -0.4 is 0 Å². The van der Waals surface area contributed by atoms with Gasteiger partial charge in [0.1, 0.15) is 11.4 Å². The summed E-state index contributed by atoms with van der Waals surface area (Å²) in [6, 6.07) is 9.18. The van der Waals surface area contributed by atoms with E-state index in [0.29, 0.717) is 24.4 Å². The molecule has 3 unspecified atom stereocenters. The molecule has 1 amide bonds. The van der Waals surface area contributed by atoms with Gasteiger partial charge in [-0.15, -0.1) is 4.31 Å². The van der Waals surface area contributed by atoms with Gasteiger partial charge in [-0.25, -0.2) is 4.68 Å². The first-order chi connectivity index (χ1) is 15.2. The maximum absolute atomic E-state index is 13.6. The predicted octanol–water partition coefficient (Wildman–Crippen LogP) is 2.98. The molecule has 9 nitrogen and oxygen atoms in total. The van der Waals surface area contributed by atoms with E-state index in [2.05, 4.69) is 10.3 Å². The van der Waals surface area contributed by atoms with Crippen LogP contribution in [0.5, 0.6) is 0 Å². The molecular weight excluding hydrogens is 430 g/mol. The third-order valence-corrected chi connectivity index (χ3v) is 8.58. The number of benzene rings is 1. The van der Waals surface area contributed by atoms with E-state index >= 15 is 0 Å². The van der Waals surface area contributed by atoms with E-state index in [1.54, 1.807) is 18.5 Å². The first kappa shape index (κ1) is 21.0. The Hall–Kier alpha value is -2.82. The minimum absolute atomic E-state index is 0.112. The van der Waals surface area contributed by atoms with Gasteiger partial charge < -0.3 is 14.0 Å². The van der Waals surface area contributed by atoms with Crippen LogP contribution in [0.3, 0.4) is 0 Å². The van der Waals surface area contributed by atoms with Crippen LogP contribution in [0.25, 0.3) is 5.69 Å². The fourth-order valence-electron chi connectivity index (χ4n) is 5.05. The Kier molecular flexibility index (Phi) is 4.84. The quantitative estimate of drug-likeness (QED) is 0.560. The molecule has 4 heterocycles. The normalized spacial score (nSPS) is 23.0. The number of amides is 1. The van der Waals surface area contributed by atoms with Gasteiger partial charge >= 0.3 is 0 Å². The number of nitrogens with zero attached hydrogens (tertiary/aromatic N) is 5. The molecule has 2 aliphatic rings. The summed E-state index contributed by atoms with van der Waals surface area (Å²) in [6.07, 6.45) is 0.570. The van der Waals surface area contributed by atoms with E-state index < -0.39 is 10.4 Å². The smallest absolute Gasteiger partial charge is 0.273 e. The summed E-state index contributed by atoms with van der Waals surface area (Å²) in [5.74, 6) is 0.168. The summed E-state index contributed by atoms with van der Waals surface area (Å²) in [5, 5.41) is 8.40. The first-order valence-corrected chi connectivity index (χ1v) is 12.1. The lowest BCUT2D eigenvalue weighted by atomic mass is 10.1. The molecule has 2 aliphatic heterocycles. The SMILES string of the molecule is Cc1nn(-c2ccccc2)c2c1C(C)N(C1CCN([S+](=O)([O-])c3c(C)noc3C)C1)C2=O. The van der Waals surface area contributed by atoms with Crippen LogP contribution in [-0.2, 0) is 14.6 Å². The van der Waals surface area contributed by atoms with Gasteiger partial charge in [0, 0.05) is 19.0 Å². The number of aryl methyl sites for hydroxylation is 3. The molecule has 2 aromatic heterocycles. The highest BCUT2D eigenvalue weighted by Crippen LogP contribution is 2.41. The zero-order valence-electron chi connectivity index (χ0n) is 18.4. The van der Waals surface area contributed by atoms with Crippen molar-refractivity contribution >= 4 is 16.3 Å². The second kappa shape index (κ2) is 7.36. The maximum atomic E-state index is 13.6. The summed E-state index contributed by atoms with van der Waals surface area (Å²) in [4.78, 5) is 15.5. The van der Waals surface area contributed by atoms with Crippen LogP contribution in [0.2, 0.25) is 0 Å². The number of hydrogen-bond donors (Lipinski definition) is 0. The minimum atomic E-state index is -3.75. The van der Waals surface area contributed by atoms with Crippen LogP contribution in [-0.4, -0.2) is 53.7 Å². The van der Waals surface area contributed by atoms with Crippen LogP contribution >= 0.6 is 0 Å². The van der Waals surface area contributed by atoms with Crippen molar-refractivity contribution in [1.82, 2.24) is 24.1 Å². The molecule has 0 radical (unpaired) electrons. The highest BCUT2D eigenvalue weighted by atomic mass is 32.3. The molecule has 5 rings (SSSR count). The number of hydrogen-bond acceptors (Lipinski definition) is 6. The van der Waals surface area contributed by atoms with Crippen molar-refractivity contribution in [2.75, 3.05) is 13.1 Å². The van der Waals surface area contributed by atoms with Gasteiger partial charge in [0.25, 0.3) is 5.91 Å². The molecule has 168 valence electrons. The lowest BCUT2D eigenvalue weighted by Gasteiger charge is -2.29. The van der Waals surface area contributed by atoms with Crippen molar-refractivity contribution in [1.29, 1.82) is 0 Å². The van der Waals surface area contributed by atoms with Crippen LogP contribution in [0.1, 0.15) is 52.6 Å². The lowest BCUT2D eigenvalue weighted by Crippen LogP contribution is -2.42. The second-order valence-corrected chi connectivity index (χ2v) is 10.3. The van der Waals surface area contributed by atoms with Gasteiger partial charge in [0.05, 0.1) is 30.0 Å². The van der Waals surface area contributed by atoms with E-state index in [9.17, 15) is 13.6 Å². The summed E-state index contributed by atoms with van der Waals surface area (Å²) in [5.41, 5.74) is 3.46. The van der Waals surface area contributed by atoms with Gasteiger partial charge in [-0.1, -0.05) is 27.6 Å². The Morgan fingerprint density at radius 3 is 2.53 bits per heavy atom. The Bertz CT molecular complexity index is 1230. The Balaban J connectivity index is 1.44. The fraction of sp³-hybridized carbons (Fsp3) is 0.409. The number of fused-ring (bicyclic) bond motifs is 1. The van der Waals surface area contributed by atoms with Gasteiger partial charge in [-0.3, -0.25) is 4.79 Å². The average molecular weight is 456 g/mol. The molecule has 0 saturated carbocycles. The number of para-hydroxylation sites is 1. The largest absolute Gasteiger partial charge is 0.593 e. The average Bonchev–Trinajstić information content (AvgIpc) is 3.50. The third-order valence-electron chi connectivity index (χ3n) is 6.46. The third kappa shape index (κ3) is 2.97. The molecular formula is C22H25N5O4S. The van der Waals surface area contributed by atoms with Crippen molar-refractivity contribution in [2.45, 2.75) is 51.1 Å². The highest BCUT2D eigenvalue weighted by molar-refractivity contribution is 7.95. The molecule has 0 spiro atoms. The van der Waals surface area contributed by atoms with Gasteiger partial charge in [-0.2, -0.15) is 5.10 Å². The van der Waals surface area contributed by atoms with Crippen molar-refractivity contribution in [2.24, 2.45) is 0 Å². The number of aromatic nitrogens is 3. The van der Waals surface area contributed by atoms with Gasteiger partial charge in [0.15, 0.2) is 16.2 Å². The Labute approximate surface area is 187 Å². The number of carbonyl (C=O) groups excluding carboxylic acids is 1. The van der Waals surface area contributed by atoms with Crippen molar-refractivity contribution < 1.29 is 18.1 Å². The number of carbonyl (C=O) groups is 1. The van der Waals surface area contributed by atoms with Gasteiger partial charge in [0.2, 0.25) is 4.90 Å². The van der Waals surface area contributed by atoms with E-state index in [0.717, 1.165) is 16.9 Å². The van der Waals surface area contributed by atoms with E-state index in [1.165, 1.54) is 4.31 Å². The molecule has 0 N–H and O–H groups in total. The zero-order valence-corrected chi connectivity index (χ0v) is 19.3. The molecule has 1 fully saturated rings. The van der Waals surface area contributed by atoms with Crippen LogP contribution in [0.15, 0.2) is 39.8 Å².